The third kappa shape index (κ3) is 1.98. The summed E-state index contributed by atoms with van der Waals surface area (Å²) in [5, 5.41) is 12.2. The molecule has 2 nitrogen and oxygen atoms in total. The van der Waals surface area contributed by atoms with Gasteiger partial charge in [-0.15, -0.1) is 0 Å². The van der Waals surface area contributed by atoms with E-state index >= 15 is 0 Å². The molecule has 3 rings (SSSR count). The third-order valence-electron chi connectivity index (χ3n) is 3.85. The van der Waals surface area contributed by atoms with Crippen LogP contribution < -0.4 is 0 Å². The van der Waals surface area contributed by atoms with Crippen LogP contribution in [0.1, 0.15) is 24.5 Å². The Labute approximate surface area is 118 Å². The fraction of sp³-hybridized carbons (Fsp3) is 0.167. The molecule has 0 radical (unpaired) electrons. The molecular formula is C18H17NO. The molecule has 100 valence electrons. The maximum Gasteiger partial charge on any atom is 0.115 e. The van der Waals surface area contributed by atoms with Gasteiger partial charge in [0.2, 0.25) is 0 Å². The lowest BCUT2D eigenvalue weighted by molar-refractivity contribution is 0.0781. The van der Waals surface area contributed by atoms with Gasteiger partial charge in [0.25, 0.3) is 0 Å². The Morgan fingerprint density at radius 3 is 2.50 bits per heavy atom. The summed E-state index contributed by atoms with van der Waals surface area (Å²) in [5.74, 6) is 0. The van der Waals surface area contributed by atoms with Gasteiger partial charge in [-0.3, -0.25) is 4.98 Å². The average molecular weight is 263 g/mol. The third-order valence-corrected chi connectivity index (χ3v) is 3.85. The molecule has 2 aromatic carbocycles. The quantitative estimate of drug-likeness (QED) is 0.778. The first-order valence-corrected chi connectivity index (χ1v) is 6.88. The number of aliphatic hydroxyl groups is 1. The van der Waals surface area contributed by atoms with Crippen molar-refractivity contribution < 1.29 is 5.11 Å². The standard InChI is InChI=1S/C18H17NO/c1-2-18(20,14-8-4-3-5-9-14)16-11-6-12-17-15(16)10-7-13-19-17/h3-13,20H,2H2,1H3. The van der Waals surface area contributed by atoms with Crippen molar-refractivity contribution in [2.24, 2.45) is 0 Å². The summed E-state index contributed by atoms with van der Waals surface area (Å²) in [4.78, 5) is 4.37. The summed E-state index contributed by atoms with van der Waals surface area (Å²) in [7, 11) is 0. The number of hydrogen-bond donors (Lipinski definition) is 1. The fourth-order valence-electron chi connectivity index (χ4n) is 2.73. The maximum absolute atomic E-state index is 11.2. The number of nitrogens with zero attached hydrogens (tertiary/aromatic N) is 1. The normalized spacial score (nSPS) is 14.1. The molecule has 1 atom stereocenters. The van der Waals surface area contributed by atoms with Crippen molar-refractivity contribution >= 4 is 10.9 Å². The summed E-state index contributed by atoms with van der Waals surface area (Å²) < 4.78 is 0. The predicted molar refractivity (Wildman–Crippen MR) is 81.5 cm³/mol. The van der Waals surface area contributed by atoms with Crippen LogP contribution >= 0.6 is 0 Å². The first-order valence-electron chi connectivity index (χ1n) is 6.88. The van der Waals surface area contributed by atoms with Crippen LogP contribution in [0.3, 0.4) is 0 Å². The van der Waals surface area contributed by atoms with Crippen LogP contribution in [0.2, 0.25) is 0 Å². The zero-order chi connectivity index (χ0) is 14.0. The summed E-state index contributed by atoms with van der Waals surface area (Å²) in [5.41, 5.74) is 1.76. The minimum Gasteiger partial charge on any atom is -0.380 e. The maximum atomic E-state index is 11.2. The van der Waals surface area contributed by atoms with Crippen LogP contribution in [0.5, 0.6) is 0 Å². The highest BCUT2D eigenvalue weighted by Crippen LogP contribution is 2.36. The molecule has 1 aromatic heterocycles. The van der Waals surface area contributed by atoms with E-state index in [1.54, 1.807) is 6.20 Å². The smallest absolute Gasteiger partial charge is 0.115 e. The minimum absolute atomic E-state index is 0.616. The highest BCUT2D eigenvalue weighted by molar-refractivity contribution is 5.83. The van der Waals surface area contributed by atoms with Gasteiger partial charge in [0.05, 0.1) is 5.52 Å². The van der Waals surface area contributed by atoms with Gasteiger partial charge in [-0.1, -0.05) is 55.5 Å². The lowest BCUT2D eigenvalue weighted by Gasteiger charge is -2.29. The second-order valence-corrected chi connectivity index (χ2v) is 4.96. The molecule has 0 saturated carbocycles. The molecule has 0 fully saturated rings. The molecular weight excluding hydrogens is 246 g/mol. The number of hydrogen-bond acceptors (Lipinski definition) is 2. The van der Waals surface area contributed by atoms with E-state index in [-0.39, 0.29) is 0 Å². The Hall–Kier alpha value is -2.19. The second-order valence-electron chi connectivity index (χ2n) is 4.96. The van der Waals surface area contributed by atoms with Crippen LogP contribution in [0.4, 0.5) is 0 Å². The minimum atomic E-state index is -0.982. The molecule has 0 spiro atoms. The summed E-state index contributed by atoms with van der Waals surface area (Å²) >= 11 is 0. The van der Waals surface area contributed by atoms with E-state index in [0.717, 1.165) is 22.0 Å². The number of aromatic nitrogens is 1. The molecule has 1 N–H and O–H groups in total. The molecule has 0 amide bonds. The number of fused-ring (bicyclic) bond motifs is 1. The summed E-state index contributed by atoms with van der Waals surface area (Å²) in [6.07, 6.45) is 2.39. The lowest BCUT2D eigenvalue weighted by Crippen LogP contribution is -2.26. The van der Waals surface area contributed by atoms with Gasteiger partial charge in [-0.05, 0) is 29.7 Å². The molecule has 0 bridgehead atoms. The molecule has 2 heteroatoms. The molecule has 3 aromatic rings. The first-order chi connectivity index (χ1) is 9.75. The van der Waals surface area contributed by atoms with Crippen molar-refractivity contribution in [2.45, 2.75) is 18.9 Å². The highest BCUT2D eigenvalue weighted by Gasteiger charge is 2.30. The molecule has 1 unspecified atom stereocenters. The predicted octanol–water partition coefficient (Wildman–Crippen LogP) is 3.88. The van der Waals surface area contributed by atoms with E-state index in [1.807, 2.05) is 67.6 Å². The number of pyridine rings is 1. The molecule has 1 heterocycles. The Bertz CT molecular complexity index is 718. The topological polar surface area (TPSA) is 33.1 Å². The van der Waals surface area contributed by atoms with Crippen molar-refractivity contribution in [2.75, 3.05) is 0 Å². The van der Waals surface area contributed by atoms with E-state index in [4.69, 9.17) is 0 Å². The highest BCUT2D eigenvalue weighted by atomic mass is 16.3. The van der Waals surface area contributed by atoms with E-state index in [2.05, 4.69) is 4.98 Å². The fourth-order valence-corrected chi connectivity index (χ4v) is 2.73. The van der Waals surface area contributed by atoms with Gasteiger partial charge in [-0.2, -0.15) is 0 Å². The zero-order valence-electron chi connectivity index (χ0n) is 11.5. The average Bonchev–Trinajstić information content (AvgIpc) is 2.54. The Balaban J connectivity index is 2.27. The molecule has 0 saturated heterocycles. The van der Waals surface area contributed by atoms with Crippen LogP contribution in [-0.4, -0.2) is 10.1 Å². The van der Waals surface area contributed by atoms with Crippen LogP contribution in [0, 0.1) is 0 Å². The van der Waals surface area contributed by atoms with Crippen molar-refractivity contribution in [1.29, 1.82) is 0 Å². The Kier molecular flexibility index (Phi) is 3.25. The largest absolute Gasteiger partial charge is 0.380 e. The van der Waals surface area contributed by atoms with E-state index < -0.39 is 5.60 Å². The number of benzene rings is 2. The molecule has 0 aliphatic carbocycles. The van der Waals surface area contributed by atoms with Crippen LogP contribution in [-0.2, 0) is 5.60 Å². The Morgan fingerprint density at radius 1 is 0.950 bits per heavy atom. The summed E-state index contributed by atoms with van der Waals surface area (Å²) in [6.45, 7) is 2.00. The summed E-state index contributed by atoms with van der Waals surface area (Å²) in [6, 6.07) is 19.7. The molecule has 0 aliphatic heterocycles. The van der Waals surface area contributed by atoms with Gasteiger partial charge in [0, 0.05) is 11.6 Å². The number of rotatable bonds is 3. The first kappa shape index (κ1) is 12.8. The van der Waals surface area contributed by atoms with Crippen LogP contribution in [0.15, 0.2) is 66.9 Å². The zero-order valence-corrected chi connectivity index (χ0v) is 11.5. The van der Waals surface area contributed by atoms with Gasteiger partial charge >= 0.3 is 0 Å². The molecule has 20 heavy (non-hydrogen) atoms. The SMILES string of the molecule is CCC(O)(c1ccccc1)c1cccc2ncccc12. The van der Waals surface area contributed by atoms with Gasteiger partial charge in [0.15, 0.2) is 0 Å². The monoisotopic (exact) mass is 263 g/mol. The Morgan fingerprint density at radius 2 is 1.75 bits per heavy atom. The van der Waals surface area contributed by atoms with Crippen molar-refractivity contribution in [3.8, 4) is 0 Å². The van der Waals surface area contributed by atoms with E-state index in [0.29, 0.717) is 6.42 Å². The van der Waals surface area contributed by atoms with Crippen LogP contribution in [0.25, 0.3) is 10.9 Å². The van der Waals surface area contributed by atoms with Gasteiger partial charge < -0.3 is 5.11 Å². The van der Waals surface area contributed by atoms with E-state index in [9.17, 15) is 5.11 Å². The van der Waals surface area contributed by atoms with Gasteiger partial charge in [-0.25, -0.2) is 0 Å². The van der Waals surface area contributed by atoms with Crippen molar-refractivity contribution in [3.63, 3.8) is 0 Å². The second kappa shape index (κ2) is 5.06. The van der Waals surface area contributed by atoms with Crippen molar-refractivity contribution in [1.82, 2.24) is 4.98 Å². The lowest BCUT2D eigenvalue weighted by atomic mass is 9.82. The van der Waals surface area contributed by atoms with Crippen molar-refractivity contribution in [3.05, 3.63) is 78.0 Å². The molecule has 0 aliphatic rings. The van der Waals surface area contributed by atoms with Gasteiger partial charge in [0.1, 0.15) is 5.60 Å². The van der Waals surface area contributed by atoms with E-state index in [1.165, 1.54) is 0 Å².